The van der Waals surface area contributed by atoms with Crippen LogP contribution < -0.4 is 5.32 Å². The standard InChI is InChI=1S/C15H17N3O3S/c1-18-14(9-13(17-18)11-5-3-2-4-6-11)15(19)16-12-7-8-22(20,21)10-12/h2-6,9,12H,7-8,10H2,1H3,(H,16,19)/t12-/m1/s1. The van der Waals surface area contributed by atoms with Crippen LogP contribution >= 0.6 is 0 Å². The van der Waals surface area contributed by atoms with E-state index >= 15 is 0 Å². The Hall–Kier alpha value is -2.15. The molecule has 0 radical (unpaired) electrons. The van der Waals surface area contributed by atoms with Crippen molar-refractivity contribution in [1.82, 2.24) is 15.1 Å². The molecule has 6 nitrogen and oxygen atoms in total. The van der Waals surface area contributed by atoms with Gasteiger partial charge in [-0.15, -0.1) is 0 Å². The van der Waals surface area contributed by atoms with Crippen LogP contribution in [0.15, 0.2) is 36.4 Å². The fourth-order valence-corrected chi connectivity index (χ4v) is 4.27. The van der Waals surface area contributed by atoms with E-state index in [4.69, 9.17) is 0 Å². The molecule has 2 aromatic rings. The number of hydrogen-bond acceptors (Lipinski definition) is 4. The first-order valence-electron chi connectivity index (χ1n) is 7.05. The summed E-state index contributed by atoms with van der Waals surface area (Å²) in [7, 11) is -1.31. The van der Waals surface area contributed by atoms with E-state index in [9.17, 15) is 13.2 Å². The van der Waals surface area contributed by atoms with E-state index in [1.807, 2.05) is 30.3 Å². The van der Waals surface area contributed by atoms with E-state index in [0.29, 0.717) is 17.8 Å². The molecule has 0 bridgehead atoms. The molecular formula is C15H17N3O3S. The third kappa shape index (κ3) is 3.04. The van der Waals surface area contributed by atoms with Crippen molar-refractivity contribution < 1.29 is 13.2 Å². The Kier molecular flexibility index (Phi) is 3.74. The molecule has 1 aromatic carbocycles. The van der Waals surface area contributed by atoms with E-state index in [2.05, 4.69) is 10.4 Å². The SMILES string of the molecule is Cn1nc(-c2ccccc2)cc1C(=O)N[C@@H]1CCS(=O)(=O)C1. The molecule has 0 spiro atoms. The molecule has 0 unspecified atom stereocenters. The lowest BCUT2D eigenvalue weighted by atomic mass is 10.1. The molecule has 1 fully saturated rings. The largest absolute Gasteiger partial charge is 0.347 e. The van der Waals surface area contributed by atoms with Crippen LogP contribution in [0.4, 0.5) is 0 Å². The third-order valence-electron chi connectivity index (χ3n) is 3.75. The summed E-state index contributed by atoms with van der Waals surface area (Å²) in [5.74, 6) is -0.139. The van der Waals surface area contributed by atoms with Gasteiger partial charge in [0.05, 0.1) is 17.2 Å². The number of nitrogens with zero attached hydrogens (tertiary/aromatic N) is 2. The minimum atomic E-state index is -3.01. The Labute approximate surface area is 129 Å². The van der Waals surface area contributed by atoms with E-state index in [1.54, 1.807) is 13.1 Å². The summed E-state index contributed by atoms with van der Waals surface area (Å²) in [6, 6.07) is 11.0. The monoisotopic (exact) mass is 319 g/mol. The number of benzene rings is 1. The highest BCUT2D eigenvalue weighted by Gasteiger charge is 2.29. The molecule has 1 aliphatic heterocycles. The van der Waals surface area contributed by atoms with Gasteiger partial charge in [-0.1, -0.05) is 30.3 Å². The van der Waals surface area contributed by atoms with Gasteiger partial charge in [-0.05, 0) is 12.5 Å². The minimum Gasteiger partial charge on any atom is -0.347 e. The quantitative estimate of drug-likeness (QED) is 0.915. The van der Waals surface area contributed by atoms with Crippen LogP contribution in [0, 0.1) is 0 Å². The fraction of sp³-hybridized carbons (Fsp3) is 0.333. The van der Waals surface area contributed by atoms with E-state index in [0.717, 1.165) is 5.56 Å². The summed E-state index contributed by atoms with van der Waals surface area (Å²) < 4.78 is 24.4. The van der Waals surface area contributed by atoms with Crippen LogP contribution in [0.1, 0.15) is 16.9 Å². The molecule has 1 saturated heterocycles. The Morgan fingerprint density at radius 3 is 2.68 bits per heavy atom. The Morgan fingerprint density at radius 2 is 2.05 bits per heavy atom. The molecule has 116 valence electrons. The van der Waals surface area contributed by atoms with Gasteiger partial charge in [0.1, 0.15) is 5.69 Å². The zero-order chi connectivity index (χ0) is 15.7. The molecule has 22 heavy (non-hydrogen) atoms. The van der Waals surface area contributed by atoms with Crippen molar-refractivity contribution in [3.63, 3.8) is 0 Å². The topological polar surface area (TPSA) is 81.1 Å². The molecule has 0 aliphatic carbocycles. The first-order valence-corrected chi connectivity index (χ1v) is 8.87. The number of aryl methyl sites for hydroxylation is 1. The lowest BCUT2D eigenvalue weighted by Crippen LogP contribution is -2.36. The van der Waals surface area contributed by atoms with Crippen LogP contribution in [0.2, 0.25) is 0 Å². The number of sulfone groups is 1. The van der Waals surface area contributed by atoms with Gasteiger partial charge in [0, 0.05) is 18.7 Å². The molecule has 1 aliphatic rings. The predicted molar refractivity (Wildman–Crippen MR) is 83.2 cm³/mol. The predicted octanol–water partition coefficient (Wildman–Crippen LogP) is 1.00. The second-order valence-corrected chi connectivity index (χ2v) is 7.71. The van der Waals surface area contributed by atoms with E-state index in [1.165, 1.54) is 4.68 Å². The van der Waals surface area contributed by atoms with Crippen LogP contribution in [-0.4, -0.2) is 41.7 Å². The molecule has 1 atom stereocenters. The summed E-state index contributed by atoms with van der Waals surface area (Å²) in [5, 5.41) is 7.12. The number of aromatic nitrogens is 2. The number of amides is 1. The van der Waals surface area contributed by atoms with Crippen LogP contribution in [0.3, 0.4) is 0 Å². The molecule has 2 heterocycles. The number of carbonyl (C=O) groups excluding carboxylic acids is 1. The van der Waals surface area contributed by atoms with Crippen molar-refractivity contribution in [2.24, 2.45) is 7.05 Å². The molecule has 0 saturated carbocycles. The Morgan fingerprint density at radius 1 is 1.32 bits per heavy atom. The second-order valence-electron chi connectivity index (χ2n) is 5.48. The van der Waals surface area contributed by atoms with Crippen LogP contribution in [0.5, 0.6) is 0 Å². The summed E-state index contributed by atoms with van der Waals surface area (Å²) in [4.78, 5) is 12.3. The highest BCUT2D eigenvalue weighted by atomic mass is 32.2. The zero-order valence-corrected chi connectivity index (χ0v) is 13.0. The van der Waals surface area contributed by atoms with Crippen molar-refractivity contribution in [2.75, 3.05) is 11.5 Å². The second kappa shape index (κ2) is 5.57. The average molecular weight is 319 g/mol. The fourth-order valence-electron chi connectivity index (χ4n) is 2.60. The molecule has 1 N–H and O–H groups in total. The highest BCUT2D eigenvalue weighted by molar-refractivity contribution is 7.91. The number of carbonyl (C=O) groups is 1. The highest BCUT2D eigenvalue weighted by Crippen LogP contribution is 2.19. The van der Waals surface area contributed by atoms with Gasteiger partial charge in [0.2, 0.25) is 0 Å². The van der Waals surface area contributed by atoms with Gasteiger partial charge < -0.3 is 5.32 Å². The molecule has 7 heteroatoms. The van der Waals surface area contributed by atoms with E-state index in [-0.39, 0.29) is 23.5 Å². The summed E-state index contributed by atoms with van der Waals surface area (Å²) in [5.41, 5.74) is 2.07. The van der Waals surface area contributed by atoms with Crippen molar-refractivity contribution >= 4 is 15.7 Å². The summed E-state index contributed by atoms with van der Waals surface area (Å²) in [6.07, 6.45) is 0.470. The van der Waals surface area contributed by atoms with Crippen molar-refractivity contribution in [1.29, 1.82) is 0 Å². The Balaban J connectivity index is 1.78. The minimum absolute atomic E-state index is 0.0160. The van der Waals surface area contributed by atoms with Gasteiger partial charge >= 0.3 is 0 Å². The van der Waals surface area contributed by atoms with Gasteiger partial charge in [-0.2, -0.15) is 5.10 Å². The smallest absolute Gasteiger partial charge is 0.269 e. The zero-order valence-electron chi connectivity index (χ0n) is 12.2. The summed E-state index contributed by atoms with van der Waals surface area (Å²) in [6.45, 7) is 0. The molecular weight excluding hydrogens is 302 g/mol. The van der Waals surface area contributed by atoms with Gasteiger partial charge in [-0.25, -0.2) is 8.42 Å². The van der Waals surface area contributed by atoms with Gasteiger partial charge in [0.25, 0.3) is 5.91 Å². The number of hydrogen-bond donors (Lipinski definition) is 1. The van der Waals surface area contributed by atoms with Crippen molar-refractivity contribution in [3.8, 4) is 11.3 Å². The van der Waals surface area contributed by atoms with Crippen molar-refractivity contribution in [3.05, 3.63) is 42.1 Å². The molecule has 3 rings (SSSR count). The molecule has 1 aromatic heterocycles. The summed E-state index contributed by atoms with van der Waals surface area (Å²) >= 11 is 0. The first-order chi connectivity index (χ1) is 10.4. The Bertz CT molecular complexity index is 797. The lowest BCUT2D eigenvalue weighted by molar-refractivity contribution is 0.0931. The maximum absolute atomic E-state index is 12.3. The van der Waals surface area contributed by atoms with Gasteiger partial charge in [-0.3, -0.25) is 9.48 Å². The van der Waals surface area contributed by atoms with Crippen molar-refractivity contribution in [2.45, 2.75) is 12.5 Å². The molecule has 1 amide bonds. The third-order valence-corrected chi connectivity index (χ3v) is 5.52. The number of rotatable bonds is 3. The van der Waals surface area contributed by atoms with E-state index < -0.39 is 9.84 Å². The number of nitrogens with one attached hydrogen (secondary N) is 1. The first kappa shape index (κ1) is 14.8. The van der Waals surface area contributed by atoms with Crippen LogP contribution in [0.25, 0.3) is 11.3 Å². The lowest BCUT2D eigenvalue weighted by Gasteiger charge is -2.10. The average Bonchev–Trinajstić information content (AvgIpc) is 3.02. The maximum Gasteiger partial charge on any atom is 0.269 e. The normalized spacial score (nSPS) is 20.0. The maximum atomic E-state index is 12.3. The van der Waals surface area contributed by atoms with Gasteiger partial charge in [0.15, 0.2) is 9.84 Å². The van der Waals surface area contributed by atoms with Crippen LogP contribution in [-0.2, 0) is 16.9 Å².